The normalized spacial score (nSPS) is 10.6. The summed E-state index contributed by atoms with van der Waals surface area (Å²) in [4.78, 5) is 36.5. The van der Waals surface area contributed by atoms with Crippen LogP contribution in [0.4, 0.5) is 0 Å². The van der Waals surface area contributed by atoms with Crippen molar-refractivity contribution < 1.29 is 23.9 Å². The monoisotopic (exact) mass is 599 g/mol. The van der Waals surface area contributed by atoms with Crippen molar-refractivity contribution in [1.29, 1.82) is 0 Å². The van der Waals surface area contributed by atoms with Gasteiger partial charge in [-0.25, -0.2) is 10.2 Å². The van der Waals surface area contributed by atoms with Gasteiger partial charge >= 0.3 is 5.97 Å². The standard InChI is InChI=1S/C27H26IN3O5/c1-2-3-16-35-21-14-10-20(11-15-21)27(34)36-22-12-8-19(9-13-22)17-30-31-25(32)18-29-26(33)23-6-4-5-7-24(23)28/h4-15,17H,2-3,16,18H2,1H3,(H,29,33)(H,31,32). The van der Waals surface area contributed by atoms with Crippen molar-refractivity contribution in [2.24, 2.45) is 5.10 Å². The first-order valence-corrected chi connectivity index (χ1v) is 12.4. The molecule has 0 saturated carbocycles. The van der Waals surface area contributed by atoms with E-state index in [0.29, 0.717) is 34.8 Å². The van der Waals surface area contributed by atoms with Gasteiger partial charge < -0.3 is 14.8 Å². The van der Waals surface area contributed by atoms with Gasteiger partial charge in [-0.2, -0.15) is 5.10 Å². The average Bonchev–Trinajstić information content (AvgIpc) is 2.89. The molecule has 0 saturated heterocycles. The maximum atomic E-state index is 12.4. The summed E-state index contributed by atoms with van der Waals surface area (Å²) in [7, 11) is 0. The van der Waals surface area contributed by atoms with Crippen molar-refractivity contribution in [3.63, 3.8) is 0 Å². The molecule has 3 aromatic carbocycles. The van der Waals surface area contributed by atoms with Gasteiger partial charge in [0.25, 0.3) is 11.8 Å². The summed E-state index contributed by atoms with van der Waals surface area (Å²) < 4.78 is 11.8. The molecule has 0 radical (unpaired) electrons. The lowest BCUT2D eigenvalue weighted by Gasteiger charge is -2.07. The summed E-state index contributed by atoms with van der Waals surface area (Å²) in [5.74, 6) is -0.179. The minimum Gasteiger partial charge on any atom is -0.494 e. The number of carbonyl (C=O) groups is 3. The molecule has 0 bridgehead atoms. The number of hydrazone groups is 1. The Morgan fingerprint density at radius 2 is 1.64 bits per heavy atom. The van der Waals surface area contributed by atoms with E-state index in [-0.39, 0.29) is 12.5 Å². The summed E-state index contributed by atoms with van der Waals surface area (Å²) in [6, 6.07) is 20.6. The van der Waals surface area contributed by atoms with Crippen LogP contribution in [-0.4, -0.2) is 37.1 Å². The molecule has 0 aromatic heterocycles. The maximum Gasteiger partial charge on any atom is 0.343 e. The highest BCUT2D eigenvalue weighted by Gasteiger charge is 2.11. The Kier molecular flexibility index (Phi) is 10.4. The second-order valence-electron chi connectivity index (χ2n) is 7.64. The first-order valence-electron chi connectivity index (χ1n) is 11.4. The van der Waals surface area contributed by atoms with Gasteiger partial charge in [-0.15, -0.1) is 0 Å². The Labute approximate surface area is 223 Å². The molecule has 2 amide bonds. The largest absolute Gasteiger partial charge is 0.494 e. The van der Waals surface area contributed by atoms with Crippen LogP contribution in [0.3, 0.4) is 0 Å². The summed E-state index contributed by atoms with van der Waals surface area (Å²) >= 11 is 2.06. The van der Waals surface area contributed by atoms with E-state index in [0.717, 1.165) is 16.4 Å². The number of hydrogen-bond donors (Lipinski definition) is 2. The van der Waals surface area contributed by atoms with Crippen LogP contribution in [-0.2, 0) is 4.79 Å². The minimum absolute atomic E-state index is 0.206. The van der Waals surface area contributed by atoms with E-state index in [1.54, 1.807) is 60.7 Å². The van der Waals surface area contributed by atoms with Crippen LogP contribution in [0, 0.1) is 3.57 Å². The molecule has 3 aromatic rings. The van der Waals surface area contributed by atoms with Crippen molar-refractivity contribution in [1.82, 2.24) is 10.7 Å². The van der Waals surface area contributed by atoms with E-state index >= 15 is 0 Å². The zero-order valence-electron chi connectivity index (χ0n) is 19.7. The van der Waals surface area contributed by atoms with Gasteiger partial charge in [0.15, 0.2) is 0 Å². The third-order valence-electron chi connectivity index (χ3n) is 4.88. The predicted octanol–water partition coefficient (Wildman–Crippen LogP) is 4.57. The Bertz CT molecular complexity index is 1210. The molecule has 0 aliphatic carbocycles. The topological polar surface area (TPSA) is 106 Å². The van der Waals surface area contributed by atoms with E-state index in [1.807, 2.05) is 12.1 Å². The van der Waals surface area contributed by atoms with Gasteiger partial charge in [0.05, 0.1) is 30.5 Å². The van der Waals surface area contributed by atoms with Crippen molar-refractivity contribution >= 4 is 46.6 Å². The molecule has 0 unspecified atom stereocenters. The molecule has 0 fully saturated rings. The van der Waals surface area contributed by atoms with Gasteiger partial charge in [-0.1, -0.05) is 25.5 Å². The van der Waals surface area contributed by atoms with Gasteiger partial charge in [-0.05, 0) is 95.2 Å². The van der Waals surface area contributed by atoms with Gasteiger partial charge in [0.1, 0.15) is 11.5 Å². The van der Waals surface area contributed by atoms with Crippen molar-refractivity contribution in [2.75, 3.05) is 13.2 Å². The number of esters is 1. The van der Waals surface area contributed by atoms with E-state index < -0.39 is 11.9 Å². The lowest BCUT2D eigenvalue weighted by atomic mass is 10.2. The Morgan fingerprint density at radius 3 is 2.33 bits per heavy atom. The number of ether oxygens (including phenoxy) is 2. The first-order chi connectivity index (χ1) is 17.5. The quantitative estimate of drug-likeness (QED) is 0.0840. The molecule has 2 N–H and O–H groups in total. The highest BCUT2D eigenvalue weighted by atomic mass is 127. The molecule has 0 aliphatic heterocycles. The highest BCUT2D eigenvalue weighted by Crippen LogP contribution is 2.17. The number of amides is 2. The van der Waals surface area contributed by atoms with E-state index in [9.17, 15) is 14.4 Å². The summed E-state index contributed by atoms with van der Waals surface area (Å²) in [6.07, 6.45) is 3.48. The molecule has 3 rings (SSSR count). The number of nitrogens with zero attached hydrogens (tertiary/aromatic N) is 1. The zero-order valence-corrected chi connectivity index (χ0v) is 21.9. The smallest absolute Gasteiger partial charge is 0.343 e. The van der Waals surface area contributed by atoms with Crippen molar-refractivity contribution in [3.05, 3.63) is 93.1 Å². The number of unbranched alkanes of at least 4 members (excludes halogenated alkanes) is 1. The maximum absolute atomic E-state index is 12.4. The van der Waals surface area contributed by atoms with E-state index in [4.69, 9.17) is 9.47 Å². The molecule has 36 heavy (non-hydrogen) atoms. The lowest BCUT2D eigenvalue weighted by Crippen LogP contribution is -2.35. The summed E-state index contributed by atoms with van der Waals surface area (Å²) in [5, 5.41) is 6.44. The van der Waals surface area contributed by atoms with Crippen LogP contribution in [0.2, 0.25) is 0 Å². The molecule has 9 heteroatoms. The van der Waals surface area contributed by atoms with Crippen LogP contribution in [0.1, 0.15) is 46.0 Å². The van der Waals surface area contributed by atoms with Crippen LogP contribution >= 0.6 is 22.6 Å². The lowest BCUT2D eigenvalue weighted by molar-refractivity contribution is -0.120. The summed E-state index contributed by atoms with van der Waals surface area (Å²) in [5.41, 5.74) is 3.97. The predicted molar refractivity (Wildman–Crippen MR) is 145 cm³/mol. The SMILES string of the molecule is CCCCOc1ccc(C(=O)Oc2ccc(C=NNC(=O)CNC(=O)c3ccccc3I)cc2)cc1. The van der Waals surface area contributed by atoms with Gasteiger partial charge in [0.2, 0.25) is 0 Å². The van der Waals surface area contributed by atoms with Gasteiger partial charge in [-0.3, -0.25) is 9.59 Å². The molecule has 0 heterocycles. The number of rotatable bonds is 11. The number of hydrogen-bond acceptors (Lipinski definition) is 6. The second kappa shape index (κ2) is 14.0. The van der Waals surface area contributed by atoms with Crippen LogP contribution < -0.4 is 20.2 Å². The molecule has 0 aliphatic rings. The van der Waals surface area contributed by atoms with Gasteiger partial charge in [0, 0.05) is 3.57 Å². The third kappa shape index (κ3) is 8.49. The van der Waals surface area contributed by atoms with Crippen LogP contribution in [0.25, 0.3) is 0 Å². The molecule has 0 spiro atoms. The number of nitrogens with one attached hydrogen (secondary N) is 2. The third-order valence-corrected chi connectivity index (χ3v) is 5.82. The molecule has 186 valence electrons. The number of halogens is 1. The van der Waals surface area contributed by atoms with Crippen LogP contribution in [0.15, 0.2) is 77.9 Å². The fourth-order valence-electron chi connectivity index (χ4n) is 2.93. The van der Waals surface area contributed by atoms with Crippen molar-refractivity contribution in [2.45, 2.75) is 19.8 Å². The molecular formula is C27H26IN3O5. The van der Waals surface area contributed by atoms with Crippen LogP contribution in [0.5, 0.6) is 11.5 Å². The Morgan fingerprint density at radius 1 is 0.944 bits per heavy atom. The number of benzene rings is 3. The highest BCUT2D eigenvalue weighted by molar-refractivity contribution is 14.1. The fourth-order valence-corrected chi connectivity index (χ4v) is 3.56. The average molecular weight is 599 g/mol. The van der Waals surface area contributed by atoms with Crippen molar-refractivity contribution in [3.8, 4) is 11.5 Å². The minimum atomic E-state index is -0.476. The summed E-state index contributed by atoms with van der Waals surface area (Å²) in [6.45, 7) is 2.53. The molecular weight excluding hydrogens is 573 g/mol. The fraction of sp³-hybridized carbons (Fsp3) is 0.185. The zero-order chi connectivity index (χ0) is 25.8. The first kappa shape index (κ1) is 26.9. The molecule has 8 nitrogen and oxygen atoms in total. The Balaban J connectivity index is 1.43. The molecule has 0 atom stereocenters. The van der Waals surface area contributed by atoms with E-state index in [1.165, 1.54) is 6.21 Å². The Hall–Kier alpha value is -3.73. The van der Waals surface area contributed by atoms with E-state index in [2.05, 4.69) is 45.4 Å². The second-order valence-corrected chi connectivity index (χ2v) is 8.80. The number of carbonyl (C=O) groups excluding carboxylic acids is 3.